The Labute approximate surface area is 195 Å². The summed E-state index contributed by atoms with van der Waals surface area (Å²) in [6.45, 7) is 0. The summed E-state index contributed by atoms with van der Waals surface area (Å²) in [5, 5.41) is 0. The molecule has 1 aliphatic carbocycles. The second-order valence-corrected chi connectivity index (χ2v) is 8.81. The Hall–Kier alpha value is -4.06. The highest BCUT2D eigenvalue weighted by Gasteiger charge is 2.72. The van der Waals surface area contributed by atoms with Crippen LogP contribution in [0.3, 0.4) is 0 Å². The lowest BCUT2D eigenvalue weighted by atomic mass is 9.64. The molecule has 1 saturated heterocycles. The largest absolute Gasteiger partial charge is 0.467 e. The van der Waals surface area contributed by atoms with Crippen molar-refractivity contribution in [3.05, 3.63) is 107 Å². The minimum Gasteiger partial charge on any atom is -0.467 e. The van der Waals surface area contributed by atoms with Gasteiger partial charge >= 0.3 is 5.97 Å². The third-order valence-corrected chi connectivity index (χ3v) is 7.40. The number of benzene rings is 3. The van der Waals surface area contributed by atoms with E-state index in [0.717, 1.165) is 5.56 Å². The summed E-state index contributed by atoms with van der Waals surface area (Å²) in [4.78, 5) is 43.5. The van der Waals surface area contributed by atoms with E-state index in [1.807, 2.05) is 30.3 Å². The molecule has 0 unspecified atom stereocenters. The molecular formula is C28H20FNO4. The van der Waals surface area contributed by atoms with Gasteiger partial charge in [0.1, 0.15) is 17.3 Å². The Morgan fingerprint density at radius 2 is 1.53 bits per heavy atom. The van der Waals surface area contributed by atoms with E-state index in [-0.39, 0.29) is 5.56 Å². The van der Waals surface area contributed by atoms with E-state index >= 15 is 4.39 Å². The SMILES string of the molecule is COC(=O)[C@@H]1[C@H](c2ccccc2F)C2(C(=O)c3ccccc3C2=O)[C@@H]2C=Cc3ccccc3N12. The number of nitrogens with zero attached hydrogens (tertiary/aromatic N) is 1. The number of hydrogen-bond acceptors (Lipinski definition) is 5. The maximum absolute atomic E-state index is 15.4. The Bertz CT molecular complexity index is 1380. The minimum absolute atomic E-state index is 0.146. The van der Waals surface area contributed by atoms with Crippen molar-refractivity contribution < 1.29 is 23.5 Å². The van der Waals surface area contributed by atoms with Gasteiger partial charge in [0.05, 0.1) is 13.2 Å². The number of rotatable bonds is 2. The van der Waals surface area contributed by atoms with Crippen LogP contribution in [0.25, 0.3) is 6.08 Å². The number of fused-ring (bicyclic) bond motifs is 5. The Kier molecular flexibility index (Phi) is 4.36. The molecule has 0 N–H and O–H groups in total. The van der Waals surface area contributed by atoms with Crippen LogP contribution in [0.4, 0.5) is 10.1 Å². The number of esters is 1. The maximum Gasteiger partial charge on any atom is 0.329 e. The first-order valence-electron chi connectivity index (χ1n) is 11.1. The number of Topliss-reactive ketones (excluding diaryl/α,β-unsaturated/α-hetero) is 2. The van der Waals surface area contributed by atoms with Gasteiger partial charge in [-0.1, -0.05) is 72.8 Å². The second kappa shape index (κ2) is 7.22. The molecule has 0 amide bonds. The first-order chi connectivity index (χ1) is 16.5. The molecule has 3 aromatic carbocycles. The fourth-order valence-corrected chi connectivity index (χ4v) is 6.08. The average Bonchev–Trinajstić information content (AvgIpc) is 3.30. The van der Waals surface area contributed by atoms with Crippen molar-refractivity contribution >= 4 is 29.3 Å². The summed E-state index contributed by atoms with van der Waals surface area (Å²) < 4.78 is 20.6. The van der Waals surface area contributed by atoms with Crippen LogP contribution in [0.2, 0.25) is 0 Å². The Morgan fingerprint density at radius 3 is 2.21 bits per heavy atom. The molecule has 3 aromatic rings. The van der Waals surface area contributed by atoms with Gasteiger partial charge in [0, 0.05) is 22.7 Å². The molecule has 0 radical (unpaired) electrons. The molecule has 1 spiro atoms. The molecule has 5 nitrogen and oxygen atoms in total. The fourth-order valence-electron chi connectivity index (χ4n) is 6.08. The van der Waals surface area contributed by atoms with Gasteiger partial charge in [-0.2, -0.15) is 0 Å². The molecule has 2 heterocycles. The quantitative estimate of drug-likeness (QED) is 0.424. The predicted octanol–water partition coefficient (Wildman–Crippen LogP) is 4.43. The van der Waals surface area contributed by atoms with Crippen LogP contribution >= 0.6 is 0 Å². The van der Waals surface area contributed by atoms with E-state index in [0.29, 0.717) is 16.8 Å². The maximum atomic E-state index is 15.4. The van der Waals surface area contributed by atoms with Crippen LogP contribution in [0.1, 0.15) is 37.8 Å². The van der Waals surface area contributed by atoms with Gasteiger partial charge in [-0.25, -0.2) is 9.18 Å². The van der Waals surface area contributed by atoms with Gasteiger partial charge in [0.2, 0.25) is 0 Å². The number of para-hydroxylation sites is 1. The molecule has 6 rings (SSSR count). The van der Waals surface area contributed by atoms with Gasteiger partial charge in [-0.15, -0.1) is 0 Å². The van der Waals surface area contributed by atoms with E-state index in [4.69, 9.17) is 4.74 Å². The van der Waals surface area contributed by atoms with Crippen LogP contribution < -0.4 is 4.90 Å². The van der Waals surface area contributed by atoms with Crippen molar-refractivity contribution in [2.24, 2.45) is 5.41 Å². The van der Waals surface area contributed by atoms with Gasteiger partial charge in [-0.3, -0.25) is 9.59 Å². The molecule has 3 atom stereocenters. The summed E-state index contributed by atoms with van der Waals surface area (Å²) in [6.07, 6.45) is 3.65. The molecule has 168 valence electrons. The van der Waals surface area contributed by atoms with Crippen molar-refractivity contribution in [1.82, 2.24) is 0 Å². The summed E-state index contributed by atoms with van der Waals surface area (Å²) in [7, 11) is 1.26. The van der Waals surface area contributed by atoms with E-state index in [2.05, 4.69) is 0 Å². The molecular weight excluding hydrogens is 433 g/mol. The predicted molar refractivity (Wildman–Crippen MR) is 124 cm³/mol. The van der Waals surface area contributed by atoms with Crippen molar-refractivity contribution in [1.29, 1.82) is 0 Å². The molecule has 2 aliphatic heterocycles. The highest BCUT2D eigenvalue weighted by molar-refractivity contribution is 6.32. The van der Waals surface area contributed by atoms with Crippen LogP contribution in [0, 0.1) is 11.2 Å². The van der Waals surface area contributed by atoms with Crippen LogP contribution in [-0.4, -0.2) is 36.7 Å². The van der Waals surface area contributed by atoms with Crippen molar-refractivity contribution in [3.63, 3.8) is 0 Å². The van der Waals surface area contributed by atoms with Gasteiger partial charge in [0.15, 0.2) is 11.6 Å². The lowest BCUT2D eigenvalue weighted by Crippen LogP contribution is -2.48. The van der Waals surface area contributed by atoms with E-state index in [1.54, 1.807) is 53.4 Å². The van der Waals surface area contributed by atoms with Crippen LogP contribution in [0.15, 0.2) is 78.9 Å². The number of carbonyl (C=O) groups excluding carboxylic acids is 3. The topological polar surface area (TPSA) is 63.7 Å². The third kappa shape index (κ3) is 2.40. The summed E-state index contributed by atoms with van der Waals surface area (Å²) in [5.41, 5.74) is 0.563. The average molecular weight is 453 g/mol. The summed E-state index contributed by atoms with van der Waals surface area (Å²) in [5.74, 6) is -3.08. The lowest BCUT2D eigenvalue weighted by molar-refractivity contribution is -0.142. The zero-order valence-corrected chi connectivity index (χ0v) is 18.3. The molecule has 0 aromatic heterocycles. The van der Waals surface area contributed by atoms with Gasteiger partial charge in [0.25, 0.3) is 0 Å². The van der Waals surface area contributed by atoms with Crippen molar-refractivity contribution in [2.45, 2.75) is 18.0 Å². The second-order valence-electron chi connectivity index (χ2n) is 8.81. The molecule has 0 saturated carbocycles. The molecule has 1 fully saturated rings. The zero-order valence-electron chi connectivity index (χ0n) is 18.3. The van der Waals surface area contributed by atoms with Gasteiger partial charge < -0.3 is 9.64 Å². The van der Waals surface area contributed by atoms with Crippen molar-refractivity contribution in [2.75, 3.05) is 12.0 Å². The number of hydrogen-bond donors (Lipinski definition) is 0. The zero-order chi connectivity index (χ0) is 23.6. The van der Waals surface area contributed by atoms with Crippen LogP contribution in [-0.2, 0) is 9.53 Å². The summed E-state index contributed by atoms with van der Waals surface area (Å²) >= 11 is 0. The van der Waals surface area contributed by atoms with Crippen molar-refractivity contribution in [3.8, 4) is 0 Å². The van der Waals surface area contributed by atoms with Gasteiger partial charge in [-0.05, 0) is 23.3 Å². The van der Waals surface area contributed by atoms with E-state index in [1.165, 1.54) is 13.2 Å². The number of methoxy groups -OCH3 is 1. The Morgan fingerprint density at radius 1 is 0.912 bits per heavy atom. The Balaban J connectivity index is 1.71. The number of halogens is 1. The fraction of sp³-hybridized carbons (Fsp3) is 0.179. The number of anilines is 1. The van der Waals surface area contributed by atoms with E-state index < -0.39 is 46.8 Å². The number of ether oxygens (including phenoxy) is 1. The minimum atomic E-state index is -1.71. The number of ketones is 2. The highest BCUT2D eigenvalue weighted by atomic mass is 19.1. The van der Waals surface area contributed by atoms with Crippen LogP contribution in [0.5, 0.6) is 0 Å². The summed E-state index contributed by atoms with van der Waals surface area (Å²) in [6, 6.07) is 18.3. The standard InChI is InChI=1S/C28H20FNO4/c1-34-27(33)24-23(19-11-5-6-12-20(19)29)28(25(31)17-9-3-4-10-18(17)26(28)32)22-15-14-16-8-2-7-13-21(16)30(22)24/h2-15,22-24H,1H3/t22-,23-,24-/m0/s1. The first kappa shape index (κ1) is 20.5. The molecule has 6 heteroatoms. The molecule has 34 heavy (non-hydrogen) atoms. The normalized spacial score (nSPS) is 23.6. The highest BCUT2D eigenvalue weighted by Crippen LogP contribution is 2.60. The molecule has 0 bridgehead atoms. The number of carbonyl (C=O) groups is 3. The third-order valence-electron chi connectivity index (χ3n) is 7.40. The lowest BCUT2D eigenvalue weighted by Gasteiger charge is -2.36. The van der Waals surface area contributed by atoms with E-state index in [9.17, 15) is 14.4 Å². The monoisotopic (exact) mass is 453 g/mol. The molecule has 3 aliphatic rings. The smallest absolute Gasteiger partial charge is 0.329 e. The first-order valence-corrected chi connectivity index (χ1v) is 11.1.